The molecule has 1 heterocycles. The van der Waals surface area contributed by atoms with E-state index in [2.05, 4.69) is 9.71 Å². The van der Waals surface area contributed by atoms with Crippen molar-refractivity contribution in [1.82, 2.24) is 9.71 Å². The van der Waals surface area contributed by atoms with E-state index >= 15 is 0 Å². The number of hydrogen-bond acceptors (Lipinski definition) is 5. The van der Waals surface area contributed by atoms with Crippen molar-refractivity contribution in [3.05, 3.63) is 24.4 Å². The van der Waals surface area contributed by atoms with Crippen LogP contribution in [0.25, 0.3) is 10.9 Å². The molecule has 2 unspecified atom stereocenters. The third-order valence-electron chi connectivity index (χ3n) is 3.34. The van der Waals surface area contributed by atoms with Gasteiger partial charge in [-0.25, -0.2) is 13.1 Å². The number of aromatic nitrogens is 1. The zero-order chi connectivity index (χ0) is 15.6. The van der Waals surface area contributed by atoms with Crippen LogP contribution in [0.2, 0.25) is 0 Å². The van der Waals surface area contributed by atoms with Crippen LogP contribution in [-0.4, -0.2) is 42.7 Å². The highest BCUT2D eigenvalue weighted by Crippen LogP contribution is 2.25. The van der Waals surface area contributed by atoms with Crippen molar-refractivity contribution >= 4 is 38.4 Å². The van der Waals surface area contributed by atoms with Crippen LogP contribution < -0.4 is 10.5 Å². The second kappa shape index (κ2) is 6.27. The standard InChI is InChI=1S/C13H19N3O3S2/c1-8(12(7-17)20-2)16-21(18,19)13-6-15-11-5-9(14)3-4-10(11)13/h3-6,8,12,15-17H,7,14H2,1-2H3. The molecule has 8 heteroatoms. The summed E-state index contributed by atoms with van der Waals surface area (Å²) in [7, 11) is -3.67. The highest BCUT2D eigenvalue weighted by molar-refractivity contribution is 7.99. The number of aliphatic hydroxyl groups excluding tert-OH is 1. The first-order valence-electron chi connectivity index (χ1n) is 6.41. The fraction of sp³-hybridized carbons (Fsp3) is 0.385. The van der Waals surface area contributed by atoms with Crippen LogP contribution in [0.4, 0.5) is 5.69 Å². The van der Waals surface area contributed by atoms with Crippen LogP contribution >= 0.6 is 11.8 Å². The molecule has 0 radical (unpaired) electrons. The summed E-state index contributed by atoms with van der Waals surface area (Å²) in [5.41, 5.74) is 6.92. The molecule has 0 aliphatic heterocycles. The smallest absolute Gasteiger partial charge is 0.242 e. The Kier molecular flexibility index (Phi) is 4.82. The predicted molar refractivity (Wildman–Crippen MR) is 86.9 cm³/mol. The van der Waals surface area contributed by atoms with E-state index in [1.54, 1.807) is 25.1 Å². The largest absolute Gasteiger partial charge is 0.399 e. The lowest BCUT2D eigenvalue weighted by atomic mass is 10.2. The van der Waals surface area contributed by atoms with Gasteiger partial charge in [0, 0.05) is 34.1 Å². The molecule has 2 rings (SSSR count). The summed E-state index contributed by atoms with van der Waals surface area (Å²) >= 11 is 1.42. The minimum atomic E-state index is -3.67. The summed E-state index contributed by atoms with van der Waals surface area (Å²) in [5, 5.41) is 9.65. The number of benzene rings is 1. The molecule has 116 valence electrons. The van der Waals surface area contributed by atoms with E-state index in [9.17, 15) is 13.5 Å². The van der Waals surface area contributed by atoms with Crippen LogP contribution in [0.5, 0.6) is 0 Å². The zero-order valence-electron chi connectivity index (χ0n) is 11.8. The SMILES string of the molecule is CSC(CO)C(C)NS(=O)(=O)c1c[nH]c2cc(N)ccc12. The number of fused-ring (bicyclic) bond motifs is 1. The van der Waals surface area contributed by atoms with Crippen molar-refractivity contribution in [3.8, 4) is 0 Å². The number of H-pyrrole nitrogens is 1. The van der Waals surface area contributed by atoms with E-state index in [0.29, 0.717) is 16.6 Å². The Morgan fingerprint density at radius 1 is 1.48 bits per heavy atom. The molecule has 1 aromatic heterocycles. The number of thioether (sulfide) groups is 1. The normalized spacial score (nSPS) is 15.2. The summed E-state index contributed by atoms with van der Waals surface area (Å²) in [4.78, 5) is 3.09. The molecule has 6 nitrogen and oxygen atoms in total. The van der Waals surface area contributed by atoms with Crippen LogP contribution in [0.3, 0.4) is 0 Å². The number of aliphatic hydroxyl groups is 1. The van der Waals surface area contributed by atoms with E-state index < -0.39 is 10.0 Å². The van der Waals surface area contributed by atoms with E-state index in [4.69, 9.17) is 5.73 Å². The van der Waals surface area contributed by atoms with Crippen LogP contribution in [-0.2, 0) is 10.0 Å². The van der Waals surface area contributed by atoms with Crippen molar-refractivity contribution in [1.29, 1.82) is 0 Å². The Hall–Kier alpha value is -1.22. The van der Waals surface area contributed by atoms with Gasteiger partial charge in [0.1, 0.15) is 4.90 Å². The van der Waals surface area contributed by atoms with Gasteiger partial charge in [-0.2, -0.15) is 11.8 Å². The highest BCUT2D eigenvalue weighted by atomic mass is 32.2. The molecule has 0 amide bonds. The van der Waals surface area contributed by atoms with Gasteiger partial charge in [-0.1, -0.05) is 0 Å². The molecular formula is C13H19N3O3S2. The van der Waals surface area contributed by atoms with Gasteiger partial charge >= 0.3 is 0 Å². The van der Waals surface area contributed by atoms with Crippen LogP contribution in [0.1, 0.15) is 6.92 Å². The lowest BCUT2D eigenvalue weighted by Gasteiger charge is -2.20. The Bertz CT molecular complexity index is 723. The van der Waals surface area contributed by atoms with Gasteiger partial charge < -0.3 is 15.8 Å². The number of hydrogen-bond donors (Lipinski definition) is 4. The van der Waals surface area contributed by atoms with Gasteiger partial charge in [0.2, 0.25) is 10.0 Å². The lowest BCUT2D eigenvalue weighted by molar-refractivity contribution is 0.282. The highest BCUT2D eigenvalue weighted by Gasteiger charge is 2.25. The molecule has 2 aromatic rings. The van der Waals surface area contributed by atoms with E-state index in [1.165, 1.54) is 18.0 Å². The van der Waals surface area contributed by atoms with Crippen molar-refractivity contribution < 1.29 is 13.5 Å². The topological polar surface area (TPSA) is 108 Å². The molecule has 2 atom stereocenters. The lowest BCUT2D eigenvalue weighted by Crippen LogP contribution is -2.41. The van der Waals surface area contributed by atoms with Gasteiger partial charge in [0.05, 0.1) is 6.61 Å². The number of aromatic amines is 1. The minimum Gasteiger partial charge on any atom is -0.399 e. The molecule has 0 spiro atoms. The van der Waals surface area contributed by atoms with E-state index in [-0.39, 0.29) is 22.8 Å². The summed E-state index contributed by atoms with van der Waals surface area (Å²) < 4.78 is 27.6. The van der Waals surface area contributed by atoms with Crippen LogP contribution in [0.15, 0.2) is 29.3 Å². The van der Waals surface area contributed by atoms with Crippen molar-refractivity contribution in [2.45, 2.75) is 23.1 Å². The second-order valence-corrected chi connectivity index (χ2v) is 7.58. The van der Waals surface area contributed by atoms with Gasteiger partial charge in [0.25, 0.3) is 0 Å². The minimum absolute atomic E-state index is 0.0880. The van der Waals surface area contributed by atoms with E-state index in [1.807, 2.05) is 6.26 Å². The van der Waals surface area contributed by atoms with Crippen molar-refractivity contribution in [2.75, 3.05) is 18.6 Å². The number of nitrogen functional groups attached to an aromatic ring is 1. The fourth-order valence-electron chi connectivity index (χ4n) is 2.16. The molecule has 0 bridgehead atoms. The average molecular weight is 329 g/mol. The third-order valence-corrected chi connectivity index (χ3v) is 6.10. The van der Waals surface area contributed by atoms with Crippen LogP contribution in [0, 0.1) is 0 Å². The molecule has 1 aromatic carbocycles. The Balaban J connectivity index is 2.34. The first-order chi connectivity index (χ1) is 9.89. The first-order valence-corrected chi connectivity index (χ1v) is 9.18. The Labute approximate surface area is 128 Å². The molecule has 5 N–H and O–H groups in total. The molecule has 21 heavy (non-hydrogen) atoms. The second-order valence-electron chi connectivity index (χ2n) is 4.82. The maximum absolute atomic E-state index is 12.5. The molecule has 0 saturated carbocycles. The van der Waals surface area contributed by atoms with Gasteiger partial charge in [-0.15, -0.1) is 0 Å². The average Bonchev–Trinajstić information content (AvgIpc) is 2.83. The van der Waals surface area contributed by atoms with Crippen molar-refractivity contribution in [3.63, 3.8) is 0 Å². The summed E-state index contributed by atoms with van der Waals surface area (Å²) in [6.45, 7) is 1.65. The number of nitrogens with two attached hydrogens (primary N) is 1. The van der Waals surface area contributed by atoms with Gasteiger partial charge in [-0.05, 0) is 31.4 Å². The van der Waals surface area contributed by atoms with Gasteiger partial charge in [0.15, 0.2) is 0 Å². The number of rotatable bonds is 6. The molecule has 0 fully saturated rings. The molecule has 0 saturated heterocycles. The molecule has 0 aliphatic carbocycles. The van der Waals surface area contributed by atoms with Gasteiger partial charge in [-0.3, -0.25) is 0 Å². The summed E-state index contributed by atoms with van der Waals surface area (Å²) in [5.74, 6) is 0. The zero-order valence-corrected chi connectivity index (χ0v) is 13.5. The summed E-state index contributed by atoms with van der Waals surface area (Å²) in [6.07, 6.45) is 3.28. The maximum Gasteiger partial charge on any atom is 0.242 e. The third kappa shape index (κ3) is 3.34. The Morgan fingerprint density at radius 3 is 2.81 bits per heavy atom. The number of anilines is 1. The predicted octanol–water partition coefficient (Wildman–Crippen LogP) is 1.14. The number of sulfonamides is 1. The fourth-order valence-corrected chi connectivity index (χ4v) is 4.33. The van der Waals surface area contributed by atoms with E-state index in [0.717, 1.165) is 0 Å². The monoisotopic (exact) mass is 329 g/mol. The van der Waals surface area contributed by atoms with Crippen molar-refractivity contribution in [2.24, 2.45) is 0 Å². The quantitative estimate of drug-likeness (QED) is 0.594. The molecular weight excluding hydrogens is 310 g/mol. The summed E-state index contributed by atoms with van der Waals surface area (Å²) in [6, 6.07) is 4.65. The first kappa shape index (κ1) is 16.2. The number of nitrogens with one attached hydrogen (secondary N) is 2. The Morgan fingerprint density at radius 2 is 2.19 bits per heavy atom. The molecule has 0 aliphatic rings. The maximum atomic E-state index is 12.5.